The van der Waals surface area contributed by atoms with Gasteiger partial charge in [0.2, 0.25) is 0 Å². The normalized spacial score (nSPS) is 18.1. The Kier molecular flexibility index (Phi) is 5.76. The minimum atomic E-state index is -0.0392. The molecule has 2 aromatic rings. The van der Waals surface area contributed by atoms with Gasteiger partial charge in [0.25, 0.3) is 5.91 Å². The summed E-state index contributed by atoms with van der Waals surface area (Å²) >= 11 is 0. The van der Waals surface area contributed by atoms with Gasteiger partial charge >= 0.3 is 0 Å². The van der Waals surface area contributed by atoms with Crippen molar-refractivity contribution in [2.24, 2.45) is 0 Å². The molecule has 2 heterocycles. The first-order chi connectivity index (χ1) is 12.1. The minimum absolute atomic E-state index is 0.0392. The number of aromatic nitrogens is 1. The molecule has 1 aliphatic rings. The van der Waals surface area contributed by atoms with Crippen LogP contribution in [0.3, 0.4) is 0 Å². The Hall–Kier alpha value is -1.85. The number of rotatable bonds is 7. The molecule has 1 aliphatic heterocycles. The molecule has 1 atom stereocenters. The third-order valence-electron chi connectivity index (χ3n) is 5.20. The average Bonchev–Trinajstić information content (AvgIpc) is 3.20. The van der Waals surface area contributed by atoms with E-state index in [4.69, 9.17) is 0 Å². The number of hydrogen-bond acceptors (Lipinski definition) is 3. The van der Waals surface area contributed by atoms with Crippen LogP contribution >= 0.6 is 0 Å². The summed E-state index contributed by atoms with van der Waals surface area (Å²) in [6, 6.07) is 6.49. The Morgan fingerprint density at radius 3 is 2.96 bits per heavy atom. The van der Waals surface area contributed by atoms with Gasteiger partial charge in [-0.1, -0.05) is 6.07 Å². The van der Waals surface area contributed by atoms with Crippen LogP contribution in [0.2, 0.25) is 0 Å². The van der Waals surface area contributed by atoms with E-state index < -0.39 is 0 Å². The molecule has 0 bridgehead atoms. The van der Waals surface area contributed by atoms with E-state index in [2.05, 4.69) is 41.2 Å². The van der Waals surface area contributed by atoms with Gasteiger partial charge in [-0.25, -0.2) is 0 Å². The zero-order chi connectivity index (χ0) is 17.8. The summed E-state index contributed by atoms with van der Waals surface area (Å²) in [5.41, 5.74) is 4.03. The van der Waals surface area contributed by atoms with Crippen molar-refractivity contribution in [3.05, 3.63) is 35.0 Å². The number of amides is 1. The van der Waals surface area contributed by atoms with Gasteiger partial charge in [0.15, 0.2) is 0 Å². The Morgan fingerprint density at radius 1 is 1.32 bits per heavy atom. The van der Waals surface area contributed by atoms with E-state index in [0.29, 0.717) is 18.3 Å². The van der Waals surface area contributed by atoms with Crippen LogP contribution in [0, 0.1) is 13.8 Å². The molecule has 0 spiro atoms. The van der Waals surface area contributed by atoms with Crippen LogP contribution in [-0.2, 0) is 0 Å². The number of aryl methyl sites for hydroxylation is 2. The lowest BCUT2D eigenvalue weighted by atomic mass is 10.1. The molecular formula is C20H29N3O2. The summed E-state index contributed by atoms with van der Waals surface area (Å²) in [5, 5.41) is 13.4. The molecule has 5 nitrogen and oxygen atoms in total. The van der Waals surface area contributed by atoms with Crippen molar-refractivity contribution in [1.29, 1.82) is 0 Å². The molecule has 0 saturated carbocycles. The number of hydrogen-bond donors (Lipinski definition) is 3. The van der Waals surface area contributed by atoms with E-state index in [1.807, 2.05) is 6.07 Å². The number of aliphatic hydroxyl groups is 1. The molecule has 0 radical (unpaired) electrons. The van der Waals surface area contributed by atoms with Gasteiger partial charge < -0.3 is 15.4 Å². The summed E-state index contributed by atoms with van der Waals surface area (Å²) < 4.78 is 0. The molecule has 1 saturated heterocycles. The molecule has 5 heteroatoms. The number of carbonyl (C=O) groups excluding carboxylic acids is 1. The van der Waals surface area contributed by atoms with Gasteiger partial charge in [0.05, 0.1) is 6.61 Å². The Morgan fingerprint density at radius 2 is 2.16 bits per heavy atom. The van der Waals surface area contributed by atoms with Crippen molar-refractivity contribution in [2.45, 2.75) is 45.6 Å². The summed E-state index contributed by atoms with van der Waals surface area (Å²) in [5.74, 6) is -0.0392. The summed E-state index contributed by atoms with van der Waals surface area (Å²) in [7, 11) is 0. The SMILES string of the molecule is Cc1cc(C)c2cc(C(=O)NCCCCN3CCCC3CO)[nH]c2c1. The average molecular weight is 343 g/mol. The lowest BCUT2D eigenvalue weighted by Gasteiger charge is -2.22. The first kappa shape index (κ1) is 18.0. The maximum Gasteiger partial charge on any atom is 0.267 e. The third-order valence-corrected chi connectivity index (χ3v) is 5.20. The number of carbonyl (C=O) groups is 1. The first-order valence-electron chi connectivity index (χ1n) is 9.31. The zero-order valence-corrected chi connectivity index (χ0v) is 15.3. The van der Waals surface area contributed by atoms with E-state index >= 15 is 0 Å². The highest BCUT2D eigenvalue weighted by atomic mass is 16.3. The fourth-order valence-corrected chi connectivity index (χ4v) is 3.85. The van der Waals surface area contributed by atoms with Crippen LogP contribution in [0.1, 0.15) is 47.3 Å². The Bertz CT molecular complexity index is 738. The maximum absolute atomic E-state index is 12.3. The van der Waals surface area contributed by atoms with Gasteiger partial charge in [-0.3, -0.25) is 9.69 Å². The highest BCUT2D eigenvalue weighted by Gasteiger charge is 2.22. The summed E-state index contributed by atoms with van der Waals surface area (Å²) in [4.78, 5) is 17.9. The first-order valence-corrected chi connectivity index (χ1v) is 9.31. The lowest BCUT2D eigenvalue weighted by Crippen LogP contribution is -2.33. The van der Waals surface area contributed by atoms with Gasteiger partial charge in [-0.05, 0) is 75.9 Å². The van der Waals surface area contributed by atoms with Gasteiger partial charge in [0.1, 0.15) is 5.69 Å². The summed E-state index contributed by atoms with van der Waals surface area (Å²) in [6.45, 7) is 7.18. The molecule has 3 rings (SSSR count). The van der Waals surface area contributed by atoms with Crippen molar-refractivity contribution < 1.29 is 9.90 Å². The van der Waals surface area contributed by atoms with Gasteiger partial charge in [-0.15, -0.1) is 0 Å². The highest BCUT2D eigenvalue weighted by molar-refractivity contribution is 5.98. The second kappa shape index (κ2) is 8.02. The number of nitrogens with zero attached hydrogens (tertiary/aromatic N) is 1. The van der Waals surface area contributed by atoms with Crippen molar-refractivity contribution >= 4 is 16.8 Å². The van der Waals surface area contributed by atoms with Crippen LogP contribution in [0.5, 0.6) is 0 Å². The van der Waals surface area contributed by atoms with Gasteiger partial charge in [0, 0.05) is 23.5 Å². The minimum Gasteiger partial charge on any atom is -0.395 e. The third kappa shape index (κ3) is 4.22. The molecule has 1 aromatic heterocycles. The zero-order valence-electron chi connectivity index (χ0n) is 15.3. The van der Waals surface area contributed by atoms with Gasteiger partial charge in [-0.2, -0.15) is 0 Å². The number of H-pyrrole nitrogens is 1. The molecule has 1 unspecified atom stereocenters. The van der Waals surface area contributed by atoms with Crippen molar-refractivity contribution in [2.75, 3.05) is 26.2 Å². The molecule has 3 N–H and O–H groups in total. The lowest BCUT2D eigenvalue weighted by molar-refractivity contribution is 0.0948. The quantitative estimate of drug-likeness (QED) is 0.677. The number of benzene rings is 1. The number of fused-ring (bicyclic) bond motifs is 1. The smallest absolute Gasteiger partial charge is 0.267 e. The van der Waals surface area contributed by atoms with E-state index in [0.717, 1.165) is 43.3 Å². The summed E-state index contributed by atoms with van der Waals surface area (Å²) in [6.07, 6.45) is 4.29. The number of likely N-dealkylation sites (tertiary alicyclic amines) is 1. The van der Waals surface area contributed by atoms with E-state index in [1.165, 1.54) is 17.5 Å². The second-order valence-electron chi connectivity index (χ2n) is 7.20. The monoisotopic (exact) mass is 343 g/mol. The fraction of sp³-hybridized carbons (Fsp3) is 0.550. The number of aromatic amines is 1. The van der Waals surface area contributed by atoms with Crippen molar-refractivity contribution in [1.82, 2.24) is 15.2 Å². The standard InChI is InChI=1S/C20H29N3O2/c1-14-10-15(2)17-12-19(22-18(17)11-14)20(25)21-7-3-4-8-23-9-5-6-16(23)13-24/h10-12,16,22,24H,3-9,13H2,1-2H3,(H,21,25). The number of aliphatic hydroxyl groups excluding tert-OH is 1. The molecule has 1 fully saturated rings. The highest BCUT2D eigenvalue weighted by Crippen LogP contribution is 2.21. The van der Waals surface area contributed by atoms with Crippen LogP contribution in [0.15, 0.2) is 18.2 Å². The molecule has 136 valence electrons. The van der Waals surface area contributed by atoms with E-state index in [9.17, 15) is 9.90 Å². The molecule has 0 aliphatic carbocycles. The number of nitrogens with one attached hydrogen (secondary N) is 2. The van der Waals surface area contributed by atoms with Crippen molar-refractivity contribution in [3.63, 3.8) is 0 Å². The van der Waals surface area contributed by atoms with Crippen LogP contribution in [0.25, 0.3) is 10.9 Å². The van der Waals surface area contributed by atoms with Crippen LogP contribution < -0.4 is 5.32 Å². The maximum atomic E-state index is 12.3. The Balaban J connectivity index is 1.46. The molecule has 1 aromatic carbocycles. The molecule has 25 heavy (non-hydrogen) atoms. The molecular weight excluding hydrogens is 314 g/mol. The van der Waals surface area contributed by atoms with E-state index in [1.54, 1.807) is 0 Å². The second-order valence-corrected chi connectivity index (χ2v) is 7.20. The van der Waals surface area contributed by atoms with E-state index in [-0.39, 0.29) is 12.5 Å². The Labute approximate surface area is 149 Å². The number of unbranched alkanes of at least 4 members (excludes halogenated alkanes) is 1. The van der Waals surface area contributed by atoms with Crippen LogP contribution in [-0.4, -0.2) is 53.2 Å². The van der Waals surface area contributed by atoms with Crippen LogP contribution in [0.4, 0.5) is 0 Å². The molecule has 1 amide bonds. The largest absolute Gasteiger partial charge is 0.395 e. The predicted octanol–water partition coefficient (Wildman–Crippen LogP) is 2.75. The predicted molar refractivity (Wildman–Crippen MR) is 101 cm³/mol. The fourth-order valence-electron chi connectivity index (χ4n) is 3.85. The topological polar surface area (TPSA) is 68.4 Å². The van der Waals surface area contributed by atoms with Crippen molar-refractivity contribution in [3.8, 4) is 0 Å².